The van der Waals surface area contributed by atoms with Gasteiger partial charge in [-0.15, -0.1) is 0 Å². The standard InChI is InChI=1S/C17H12O4.C2H6/c1-20-8-2-3-11-4-6-14-15(9-11)13-7-5-12(18)10-16(13)21-17(14)19;1-2/h4-7,9-10,18H,8H2,1H3;1-2H3. The zero-order valence-electron chi connectivity index (χ0n) is 13.3. The maximum Gasteiger partial charge on any atom is 0.344 e. The minimum absolute atomic E-state index is 0.0565. The molecule has 3 rings (SSSR count). The van der Waals surface area contributed by atoms with Crippen LogP contribution in [0.25, 0.3) is 21.7 Å². The van der Waals surface area contributed by atoms with Gasteiger partial charge in [0.15, 0.2) is 0 Å². The molecule has 1 N–H and O–H groups in total. The highest BCUT2D eigenvalue weighted by atomic mass is 16.5. The molecule has 3 aromatic rings. The Hall–Kier alpha value is -2.77. The van der Waals surface area contributed by atoms with Crippen molar-refractivity contribution in [1.82, 2.24) is 0 Å². The van der Waals surface area contributed by atoms with E-state index >= 15 is 0 Å². The number of phenolic OH excluding ortho intramolecular Hbond substituents is 1. The molecule has 0 saturated carbocycles. The lowest BCUT2D eigenvalue weighted by Crippen LogP contribution is -1.99. The minimum Gasteiger partial charge on any atom is -0.508 e. The highest BCUT2D eigenvalue weighted by molar-refractivity contribution is 6.05. The van der Waals surface area contributed by atoms with Crippen LogP contribution in [0.4, 0.5) is 0 Å². The Morgan fingerprint density at radius 1 is 1.09 bits per heavy atom. The Morgan fingerprint density at radius 2 is 1.83 bits per heavy atom. The Morgan fingerprint density at radius 3 is 2.57 bits per heavy atom. The maximum absolute atomic E-state index is 12.0. The molecular weight excluding hydrogens is 292 g/mol. The molecule has 0 fully saturated rings. The normalized spacial score (nSPS) is 9.87. The largest absolute Gasteiger partial charge is 0.508 e. The van der Waals surface area contributed by atoms with Crippen molar-refractivity contribution in [2.75, 3.05) is 13.7 Å². The number of rotatable bonds is 1. The Labute approximate surface area is 134 Å². The molecule has 0 radical (unpaired) electrons. The van der Waals surface area contributed by atoms with Crippen LogP contribution in [0.3, 0.4) is 0 Å². The summed E-state index contributed by atoms with van der Waals surface area (Å²) < 4.78 is 10.1. The molecule has 0 amide bonds. The Kier molecular flexibility index (Phi) is 5.40. The number of methoxy groups -OCH3 is 1. The molecule has 2 aromatic carbocycles. The lowest BCUT2D eigenvalue weighted by Gasteiger charge is -2.03. The first-order valence-corrected chi connectivity index (χ1v) is 7.36. The van der Waals surface area contributed by atoms with E-state index in [1.165, 1.54) is 6.07 Å². The fourth-order valence-corrected chi connectivity index (χ4v) is 2.21. The van der Waals surface area contributed by atoms with Gasteiger partial charge < -0.3 is 14.3 Å². The summed E-state index contributed by atoms with van der Waals surface area (Å²) >= 11 is 0. The lowest BCUT2D eigenvalue weighted by atomic mass is 10.0. The van der Waals surface area contributed by atoms with Crippen LogP contribution in [0, 0.1) is 11.8 Å². The number of aromatic hydroxyl groups is 1. The average Bonchev–Trinajstić information content (AvgIpc) is 2.56. The number of ether oxygens (including phenoxy) is 1. The molecule has 0 saturated heterocycles. The quantitative estimate of drug-likeness (QED) is 0.423. The second kappa shape index (κ2) is 7.48. The summed E-state index contributed by atoms with van der Waals surface area (Å²) in [5.41, 5.74) is 0.716. The van der Waals surface area contributed by atoms with Crippen molar-refractivity contribution in [1.29, 1.82) is 0 Å². The van der Waals surface area contributed by atoms with Gasteiger partial charge in [0, 0.05) is 29.5 Å². The lowest BCUT2D eigenvalue weighted by molar-refractivity contribution is 0.240. The summed E-state index contributed by atoms with van der Waals surface area (Å²) in [5, 5.41) is 11.5. The zero-order valence-corrected chi connectivity index (χ0v) is 13.3. The van der Waals surface area contributed by atoms with Crippen molar-refractivity contribution in [2.24, 2.45) is 0 Å². The van der Waals surface area contributed by atoms with Crippen molar-refractivity contribution in [3.8, 4) is 17.6 Å². The van der Waals surface area contributed by atoms with Gasteiger partial charge in [-0.1, -0.05) is 25.7 Å². The van der Waals surface area contributed by atoms with E-state index in [0.29, 0.717) is 17.6 Å². The van der Waals surface area contributed by atoms with Gasteiger partial charge in [0.25, 0.3) is 0 Å². The number of benzene rings is 2. The topological polar surface area (TPSA) is 59.7 Å². The van der Waals surface area contributed by atoms with Crippen molar-refractivity contribution in [3.05, 3.63) is 52.4 Å². The number of phenols is 1. The van der Waals surface area contributed by atoms with E-state index in [-0.39, 0.29) is 5.75 Å². The summed E-state index contributed by atoms with van der Waals surface area (Å²) in [4.78, 5) is 12.0. The van der Waals surface area contributed by atoms with Gasteiger partial charge in [0.05, 0.1) is 5.39 Å². The highest BCUT2D eigenvalue weighted by Gasteiger charge is 2.08. The van der Waals surface area contributed by atoms with Crippen molar-refractivity contribution >= 4 is 21.7 Å². The van der Waals surface area contributed by atoms with Crippen molar-refractivity contribution < 1.29 is 14.3 Å². The van der Waals surface area contributed by atoms with Crippen LogP contribution >= 0.6 is 0 Å². The number of hydrogen-bond acceptors (Lipinski definition) is 4. The molecule has 23 heavy (non-hydrogen) atoms. The van der Waals surface area contributed by atoms with Crippen molar-refractivity contribution in [3.63, 3.8) is 0 Å². The van der Waals surface area contributed by atoms with E-state index in [1.54, 1.807) is 31.4 Å². The monoisotopic (exact) mass is 310 g/mol. The highest BCUT2D eigenvalue weighted by Crippen LogP contribution is 2.26. The van der Waals surface area contributed by atoms with Gasteiger partial charge in [-0.05, 0) is 30.3 Å². The third-order valence-corrected chi connectivity index (χ3v) is 3.15. The zero-order chi connectivity index (χ0) is 16.8. The van der Waals surface area contributed by atoms with Gasteiger partial charge in [-0.25, -0.2) is 4.79 Å². The van der Waals surface area contributed by atoms with E-state index in [9.17, 15) is 9.90 Å². The summed E-state index contributed by atoms with van der Waals surface area (Å²) in [7, 11) is 1.58. The summed E-state index contributed by atoms with van der Waals surface area (Å²) in [6.45, 7) is 4.35. The maximum atomic E-state index is 12.0. The van der Waals surface area contributed by atoms with Crippen LogP contribution in [0.5, 0.6) is 5.75 Å². The molecule has 1 heterocycles. The fourth-order valence-electron chi connectivity index (χ4n) is 2.21. The van der Waals surface area contributed by atoms with Gasteiger partial charge in [0.2, 0.25) is 0 Å². The predicted octanol–water partition coefficient (Wildman–Crippen LogP) is 3.68. The number of hydrogen-bond donors (Lipinski definition) is 1. The van der Waals surface area contributed by atoms with Crippen LogP contribution in [0.1, 0.15) is 19.4 Å². The summed E-state index contributed by atoms with van der Waals surface area (Å²) in [6, 6.07) is 10.0. The van der Waals surface area contributed by atoms with Gasteiger partial charge in [0.1, 0.15) is 17.9 Å². The van der Waals surface area contributed by atoms with Crippen LogP contribution in [0.15, 0.2) is 45.6 Å². The molecule has 0 aliphatic heterocycles. The van der Waals surface area contributed by atoms with Gasteiger partial charge in [-0.3, -0.25) is 0 Å². The SMILES string of the molecule is CC.COCC#Cc1ccc2c(=O)oc3cc(O)ccc3c2c1. The first-order valence-electron chi connectivity index (χ1n) is 7.36. The second-order valence-electron chi connectivity index (χ2n) is 4.57. The van der Waals surface area contributed by atoms with Crippen molar-refractivity contribution in [2.45, 2.75) is 13.8 Å². The van der Waals surface area contributed by atoms with E-state index in [2.05, 4.69) is 11.8 Å². The van der Waals surface area contributed by atoms with Crippen LogP contribution in [-0.4, -0.2) is 18.8 Å². The molecule has 118 valence electrons. The molecule has 1 aromatic heterocycles. The predicted molar refractivity (Wildman–Crippen MR) is 91.8 cm³/mol. The second-order valence-corrected chi connectivity index (χ2v) is 4.57. The van der Waals surface area contributed by atoms with E-state index in [0.717, 1.165) is 16.3 Å². The van der Waals surface area contributed by atoms with Gasteiger partial charge in [-0.2, -0.15) is 0 Å². The van der Waals surface area contributed by atoms with Crippen LogP contribution in [-0.2, 0) is 4.74 Å². The Balaban J connectivity index is 0.000000924. The summed E-state index contributed by atoms with van der Waals surface area (Å²) in [5.74, 6) is 5.91. The number of fused-ring (bicyclic) bond motifs is 3. The van der Waals surface area contributed by atoms with E-state index in [1.807, 2.05) is 19.9 Å². The molecular formula is C19H18O4. The molecule has 0 spiro atoms. The molecule has 0 atom stereocenters. The molecule has 0 aliphatic carbocycles. The Bertz CT molecular complexity index is 942. The van der Waals surface area contributed by atoms with Gasteiger partial charge >= 0.3 is 5.63 Å². The first-order chi connectivity index (χ1) is 11.2. The first kappa shape index (κ1) is 16.6. The average molecular weight is 310 g/mol. The summed E-state index contributed by atoms with van der Waals surface area (Å²) in [6.07, 6.45) is 0. The van der Waals surface area contributed by atoms with Crippen LogP contribution in [0.2, 0.25) is 0 Å². The molecule has 0 bridgehead atoms. The van der Waals surface area contributed by atoms with E-state index < -0.39 is 5.63 Å². The molecule has 4 heteroatoms. The molecule has 0 unspecified atom stereocenters. The minimum atomic E-state index is -0.431. The third kappa shape index (κ3) is 3.53. The third-order valence-electron chi connectivity index (χ3n) is 3.15. The van der Waals surface area contributed by atoms with Crippen LogP contribution < -0.4 is 5.63 Å². The molecule has 4 nitrogen and oxygen atoms in total. The van der Waals surface area contributed by atoms with E-state index in [4.69, 9.17) is 9.15 Å². The fraction of sp³-hybridized carbons (Fsp3) is 0.211. The smallest absolute Gasteiger partial charge is 0.344 e. The molecule has 0 aliphatic rings.